The standard InChI is InChI=1S/C26H31N3O5/c1-2-33-26(32)29-14-11-20(12-15-29)28-23(30)8-5-13-27-24(31)16-19-17-34-22-10-9-18-6-3-4-7-21(18)25(19)22/h3-4,6-7,9-10,17,20H,2,5,8,11-16H2,1H3,(H,27,31)(H,28,30). The van der Waals surface area contributed by atoms with Gasteiger partial charge in [-0.05, 0) is 43.0 Å². The maximum Gasteiger partial charge on any atom is 0.409 e. The summed E-state index contributed by atoms with van der Waals surface area (Å²) < 4.78 is 10.7. The monoisotopic (exact) mass is 465 g/mol. The molecule has 0 saturated carbocycles. The van der Waals surface area contributed by atoms with Crippen LogP contribution in [0.3, 0.4) is 0 Å². The Morgan fingerprint density at radius 3 is 2.68 bits per heavy atom. The number of ether oxygens (including phenoxy) is 1. The van der Waals surface area contributed by atoms with Crippen LogP contribution in [0.25, 0.3) is 21.7 Å². The number of nitrogens with zero attached hydrogens (tertiary/aromatic N) is 1. The lowest BCUT2D eigenvalue weighted by atomic mass is 10.0. The second-order valence-electron chi connectivity index (χ2n) is 8.58. The zero-order valence-corrected chi connectivity index (χ0v) is 19.5. The van der Waals surface area contributed by atoms with E-state index >= 15 is 0 Å². The summed E-state index contributed by atoms with van der Waals surface area (Å²) in [5, 5.41) is 9.08. The molecule has 2 N–H and O–H groups in total. The molecule has 2 aromatic carbocycles. The largest absolute Gasteiger partial charge is 0.464 e. The molecule has 3 aromatic rings. The van der Waals surface area contributed by atoms with Crippen LogP contribution >= 0.6 is 0 Å². The van der Waals surface area contributed by atoms with Gasteiger partial charge in [-0.2, -0.15) is 0 Å². The van der Waals surface area contributed by atoms with Crippen molar-refractivity contribution in [3.63, 3.8) is 0 Å². The lowest BCUT2D eigenvalue weighted by Crippen LogP contribution is -2.46. The van der Waals surface area contributed by atoms with Gasteiger partial charge in [0.25, 0.3) is 0 Å². The molecule has 0 spiro atoms. The molecule has 3 amide bonds. The Bertz CT molecular complexity index is 1160. The first-order valence-corrected chi connectivity index (χ1v) is 11.9. The number of hydrogen-bond donors (Lipinski definition) is 2. The van der Waals surface area contributed by atoms with E-state index in [0.29, 0.717) is 51.9 Å². The van der Waals surface area contributed by atoms with E-state index in [-0.39, 0.29) is 30.4 Å². The predicted octanol–water partition coefficient (Wildman–Crippen LogP) is 3.76. The Labute approximate surface area is 198 Å². The van der Waals surface area contributed by atoms with Gasteiger partial charge in [-0.1, -0.05) is 30.3 Å². The molecular formula is C26H31N3O5. The van der Waals surface area contributed by atoms with E-state index in [1.807, 2.05) is 36.4 Å². The van der Waals surface area contributed by atoms with Crippen LogP contribution in [0.2, 0.25) is 0 Å². The van der Waals surface area contributed by atoms with Crippen molar-refractivity contribution in [1.82, 2.24) is 15.5 Å². The molecule has 0 atom stereocenters. The second kappa shape index (κ2) is 11.0. The normalized spacial score (nSPS) is 14.3. The van der Waals surface area contributed by atoms with Gasteiger partial charge in [-0.15, -0.1) is 0 Å². The number of rotatable bonds is 8. The van der Waals surface area contributed by atoms with Gasteiger partial charge in [0.05, 0.1) is 19.3 Å². The quantitative estimate of drug-likeness (QED) is 0.494. The van der Waals surface area contributed by atoms with Crippen molar-refractivity contribution in [3.05, 3.63) is 48.2 Å². The summed E-state index contributed by atoms with van der Waals surface area (Å²) in [5.41, 5.74) is 1.63. The summed E-state index contributed by atoms with van der Waals surface area (Å²) in [7, 11) is 0. The van der Waals surface area contributed by atoms with E-state index in [1.54, 1.807) is 18.1 Å². The molecule has 1 saturated heterocycles. The zero-order chi connectivity index (χ0) is 23.9. The average Bonchev–Trinajstić information content (AvgIpc) is 3.25. The number of likely N-dealkylation sites (tertiary alicyclic amines) is 1. The Morgan fingerprint density at radius 1 is 1.09 bits per heavy atom. The number of carbonyl (C=O) groups is 3. The first-order valence-electron chi connectivity index (χ1n) is 11.9. The number of carbonyl (C=O) groups excluding carboxylic acids is 3. The molecule has 0 aliphatic carbocycles. The van der Waals surface area contributed by atoms with Crippen LogP contribution in [0.4, 0.5) is 4.79 Å². The van der Waals surface area contributed by atoms with Gasteiger partial charge in [0, 0.05) is 43.0 Å². The van der Waals surface area contributed by atoms with Gasteiger partial charge in [-0.3, -0.25) is 9.59 Å². The van der Waals surface area contributed by atoms with Crippen molar-refractivity contribution < 1.29 is 23.5 Å². The molecule has 8 nitrogen and oxygen atoms in total. The lowest BCUT2D eigenvalue weighted by molar-refractivity contribution is -0.123. The van der Waals surface area contributed by atoms with Crippen LogP contribution in [0.5, 0.6) is 0 Å². The number of hydrogen-bond acceptors (Lipinski definition) is 5. The molecule has 180 valence electrons. The van der Waals surface area contributed by atoms with E-state index in [9.17, 15) is 14.4 Å². The molecule has 1 aliphatic heterocycles. The second-order valence-corrected chi connectivity index (χ2v) is 8.58. The highest BCUT2D eigenvalue weighted by molar-refractivity contribution is 6.08. The molecule has 0 radical (unpaired) electrons. The molecule has 0 bridgehead atoms. The van der Waals surface area contributed by atoms with Crippen molar-refractivity contribution >= 4 is 39.6 Å². The van der Waals surface area contributed by atoms with Crippen molar-refractivity contribution in [2.45, 2.75) is 45.1 Å². The minimum atomic E-state index is -0.292. The zero-order valence-electron chi connectivity index (χ0n) is 19.5. The van der Waals surface area contributed by atoms with E-state index in [2.05, 4.69) is 10.6 Å². The number of furan rings is 1. The number of benzene rings is 2. The smallest absolute Gasteiger partial charge is 0.409 e. The fourth-order valence-corrected chi connectivity index (χ4v) is 4.44. The van der Waals surface area contributed by atoms with Gasteiger partial charge in [0.2, 0.25) is 11.8 Å². The Morgan fingerprint density at radius 2 is 1.88 bits per heavy atom. The average molecular weight is 466 g/mol. The molecule has 0 unspecified atom stereocenters. The maximum atomic E-state index is 12.5. The third-order valence-electron chi connectivity index (χ3n) is 6.18. The molecule has 8 heteroatoms. The van der Waals surface area contributed by atoms with Gasteiger partial charge < -0.3 is 24.7 Å². The van der Waals surface area contributed by atoms with Crippen LogP contribution in [0.1, 0.15) is 38.2 Å². The summed E-state index contributed by atoms with van der Waals surface area (Å²) in [5.74, 6) is -0.126. The molecule has 4 rings (SSSR count). The number of amides is 3. The third kappa shape index (κ3) is 5.68. The number of piperidine rings is 1. The highest BCUT2D eigenvalue weighted by Crippen LogP contribution is 2.30. The Kier molecular flexibility index (Phi) is 7.67. The molecule has 34 heavy (non-hydrogen) atoms. The third-order valence-corrected chi connectivity index (χ3v) is 6.18. The Hall–Kier alpha value is -3.55. The number of fused-ring (bicyclic) bond motifs is 3. The van der Waals surface area contributed by atoms with E-state index < -0.39 is 0 Å². The van der Waals surface area contributed by atoms with E-state index in [1.165, 1.54) is 0 Å². The first-order chi connectivity index (χ1) is 16.5. The highest BCUT2D eigenvalue weighted by atomic mass is 16.6. The van der Waals surface area contributed by atoms with Crippen molar-refractivity contribution in [1.29, 1.82) is 0 Å². The van der Waals surface area contributed by atoms with Crippen LogP contribution in [0, 0.1) is 0 Å². The fourth-order valence-electron chi connectivity index (χ4n) is 4.44. The fraction of sp³-hybridized carbons (Fsp3) is 0.423. The van der Waals surface area contributed by atoms with Crippen molar-refractivity contribution in [2.75, 3.05) is 26.2 Å². The van der Waals surface area contributed by atoms with Crippen molar-refractivity contribution in [2.24, 2.45) is 0 Å². The summed E-state index contributed by atoms with van der Waals surface area (Å²) >= 11 is 0. The highest BCUT2D eigenvalue weighted by Gasteiger charge is 2.24. The SMILES string of the molecule is CCOC(=O)N1CCC(NC(=O)CCCNC(=O)Cc2coc3ccc4ccccc4c23)CC1. The molecule has 1 aromatic heterocycles. The lowest BCUT2D eigenvalue weighted by Gasteiger charge is -2.31. The van der Waals surface area contributed by atoms with Crippen LogP contribution in [-0.2, 0) is 20.7 Å². The molecule has 1 fully saturated rings. The molecule has 2 heterocycles. The molecule has 1 aliphatic rings. The van der Waals surface area contributed by atoms with Gasteiger partial charge in [-0.25, -0.2) is 4.79 Å². The topological polar surface area (TPSA) is 101 Å². The van der Waals surface area contributed by atoms with E-state index in [4.69, 9.17) is 9.15 Å². The molecular weight excluding hydrogens is 434 g/mol. The summed E-state index contributed by atoms with van der Waals surface area (Å²) in [6.45, 7) is 3.75. The minimum absolute atomic E-state index is 0.0314. The van der Waals surface area contributed by atoms with Crippen LogP contribution in [0.15, 0.2) is 47.1 Å². The predicted molar refractivity (Wildman–Crippen MR) is 129 cm³/mol. The van der Waals surface area contributed by atoms with E-state index in [0.717, 1.165) is 27.3 Å². The Balaban J connectivity index is 1.18. The first kappa shape index (κ1) is 23.6. The number of nitrogens with one attached hydrogen (secondary N) is 2. The maximum absolute atomic E-state index is 12.5. The van der Waals surface area contributed by atoms with Crippen LogP contribution in [-0.4, -0.2) is 55.1 Å². The van der Waals surface area contributed by atoms with Gasteiger partial charge in [0.1, 0.15) is 5.58 Å². The van der Waals surface area contributed by atoms with Crippen LogP contribution < -0.4 is 10.6 Å². The van der Waals surface area contributed by atoms with Crippen molar-refractivity contribution in [3.8, 4) is 0 Å². The summed E-state index contributed by atoms with van der Waals surface area (Å²) in [4.78, 5) is 38.2. The summed E-state index contributed by atoms with van der Waals surface area (Å²) in [6.07, 6.45) is 3.93. The minimum Gasteiger partial charge on any atom is -0.464 e. The van der Waals surface area contributed by atoms with Gasteiger partial charge in [0.15, 0.2) is 0 Å². The van der Waals surface area contributed by atoms with Gasteiger partial charge >= 0.3 is 6.09 Å². The summed E-state index contributed by atoms with van der Waals surface area (Å²) in [6, 6.07) is 12.1.